The number of pyridine rings is 1. The van der Waals surface area contributed by atoms with E-state index >= 15 is 0 Å². The van der Waals surface area contributed by atoms with Gasteiger partial charge >= 0.3 is 0 Å². The molecule has 0 bridgehead atoms. The maximum Gasteiger partial charge on any atom is 0.239 e. The number of nitrogens with two attached hydrogens (primary N) is 1. The second-order valence-electron chi connectivity index (χ2n) is 5.76. The lowest BCUT2D eigenvalue weighted by Gasteiger charge is -2.35. The molecule has 4 nitrogen and oxygen atoms in total. The van der Waals surface area contributed by atoms with Gasteiger partial charge in [0.2, 0.25) is 5.88 Å². The molecular weight excluding hydrogens is 238 g/mol. The van der Waals surface area contributed by atoms with Crippen molar-refractivity contribution < 1.29 is 4.74 Å². The molecule has 1 aliphatic rings. The van der Waals surface area contributed by atoms with Gasteiger partial charge in [-0.15, -0.1) is 0 Å². The van der Waals surface area contributed by atoms with Gasteiger partial charge in [0, 0.05) is 13.1 Å². The maximum atomic E-state index is 5.91. The zero-order chi connectivity index (χ0) is 13.8. The molecule has 0 amide bonds. The van der Waals surface area contributed by atoms with Gasteiger partial charge in [-0.1, -0.05) is 20.8 Å². The van der Waals surface area contributed by atoms with Crippen molar-refractivity contribution in [1.29, 1.82) is 0 Å². The first-order chi connectivity index (χ1) is 9.10. The summed E-state index contributed by atoms with van der Waals surface area (Å²) in [5.74, 6) is 2.98. The molecule has 1 fully saturated rings. The topological polar surface area (TPSA) is 51.4 Å². The van der Waals surface area contributed by atoms with E-state index in [0.29, 0.717) is 30.0 Å². The Bertz CT molecular complexity index is 412. The number of nitrogen functional groups attached to an aromatic ring is 1. The van der Waals surface area contributed by atoms with Crippen molar-refractivity contribution in [3.8, 4) is 5.88 Å². The van der Waals surface area contributed by atoms with E-state index in [2.05, 4.69) is 30.7 Å². The highest BCUT2D eigenvalue weighted by atomic mass is 16.5. The Kier molecular flexibility index (Phi) is 4.51. The van der Waals surface area contributed by atoms with Crippen LogP contribution in [0.4, 0.5) is 11.5 Å². The van der Waals surface area contributed by atoms with Crippen molar-refractivity contribution in [2.24, 2.45) is 11.8 Å². The predicted molar refractivity (Wildman–Crippen MR) is 79.6 cm³/mol. The molecule has 0 radical (unpaired) electrons. The standard InChI is InChI=1S/C15H25N3O/c1-4-7-19-15-13(16)5-6-14(17-15)18-9-11(2)8-12(3)10-18/h5-6,11-12H,4,7-10,16H2,1-3H3. The minimum Gasteiger partial charge on any atom is -0.476 e. The smallest absolute Gasteiger partial charge is 0.239 e. The summed E-state index contributed by atoms with van der Waals surface area (Å²) in [4.78, 5) is 6.93. The molecule has 0 saturated carbocycles. The summed E-state index contributed by atoms with van der Waals surface area (Å²) in [6, 6.07) is 3.90. The fourth-order valence-corrected chi connectivity index (χ4v) is 2.78. The van der Waals surface area contributed by atoms with Crippen molar-refractivity contribution in [2.45, 2.75) is 33.6 Å². The lowest BCUT2D eigenvalue weighted by Crippen LogP contribution is -2.39. The van der Waals surface area contributed by atoms with Gasteiger partial charge in [0.05, 0.1) is 12.3 Å². The molecule has 2 atom stereocenters. The summed E-state index contributed by atoms with van der Waals surface area (Å²) in [5.41, 5.74) is 6.53. The number of hydrogen-bond donors (Lipinski definition) is 1. The van der Waals surface area contributed by atoms with Crippen molar-refractivity contribution in [2.75, 3.05) is 30.3 Å². The van der Waals surface area contributed by atoms with Crippen LogP contribution in [0.15, 0.2) is 12.1 Å². The Morgan fingerprint density at radius 2 is 2.00 bits per heavy atom. The van der Waals surface area contributed by atoms with Crippen LogP contribution in [-0.4, -0.2) is 24.7 Å². The van der Waals surface area contributed by atoms with Crippen LogP contribution in [0, 0.1) is 11.8 Å². The van der Waals surface area contributed by atoms with E-state index in [4.69, 9.17) is 10.5 Å². The summed E-state index contributed by atoms with van der Waals surface area (Å²) in [6.07, 6.45) is 2.26. The maximum absolute atomic E-state index is 5.91. The monoisotopic (exact) mass is 263 g/mol. The highest BCUT2D eigenvalue weighted by molar-refractivity contribution is 5.54. The number of rotatable bonds is 4. The molecule has 0 spiro atoms. The largest absolute Gasteiger partial charge is 0.476 e. The lowest BCUT2D eigenvalue weighted by atomic mass is 9.92. The van der Waals surface area contributed by atoms with E-state index in [9.17, 15) is 0 Å². The quantitative estimate of drug-likeness (QED) is 0.907. The number of ether oxygens (including phenoxy) is 1. The normalized spacial score (nSPS) is 23.4. The molecule has 2 heterocycles. The van der Waals surface area contributed by atoms with Gasteiger partial charge in [0.1, 0.15) is 5.82 Å². The van der Waals surface area contributed by atoms with Gasteiger partial charge < -0.3 is 15.4 Å². The summed E-state index contributed by atoms with van der Waals surface area (Å²) >= 11 is 0. The zero-order valence-electron chi connectivity index (χ0n) is 12.2. The molecule has 1 aliphatic heterocycles. The molecule has 1 aromatic rings. The SMILES string of the molecule is CCCOc1nc(N2CC(C)CC(C)C2)ccc1N. The molecule has 0 aliphatic carbocycles. The van der Waals surface area contributed by atoms with Crippen LogP contribution in [-0.2, 0) is 0 Å². The van der Waals surface area contributed by atoms with Crippen molar-refractivity contribution >= 4 is 11.5 Å². The molecule has 2 unspecified atom stereocenters. The average Bonchev–Trinajstić information content (AvgIpc) is 2.36. The first-order valence-corrected chi connectivity index (χ1v) is 7.24. The molecule has 1 aromatic heterocycles. The van der Waals surface area contributed by atoms with Gasteiger partial charge in [-0.2, -0.15) is 4.98 Å². The lowest BCUT2D eigenvalue weighted by molar-refractivity contribution is 0.306. The number of nitrogens with zero attached hydrogens (tertiary/aromatic N) is 2. The van der Waals surface area contributed by atoms with Gasteiger partial charge in [0.15, 0.2) is 0 Å². The summed E-state index contributed by atoms with van der Waals surface area (Å²) < 4.78 is 5.61. The van der Waals surface area contributed by atoms with Crippen molar-refractivity contribution in [3.05, 3.63) is 12.1 Å². The van der Waals surface area contributed by atoms with Crippen LogP contribution in [0.1, 0.15) is 33.6 Å². The van der Waals surface area contributed by atoms with Crippen LogP contribution in [0.25, 0.3) is 0 Å². The first kappa shape index (κ1) is 14.0. The van der Waals surface area contributed by atoms with E-state index in [1.807, 2.05) is 12.1 Å². The Hall–Kier alpha value is -1.45. The third-order valence-corrected chi connectivity index (χ3v) is 3.51. The van der Waals surface area contributed by atoms with Crippen molar-refractivity contribution in [1.82, 2.24) is 4.98 Å². The van der Waals surface area contributed by atoms with E-state index in [0.717, 1.165) is 25.3 Å². The van der Waals surface area contributed by atoms with Crippen molar-refractivity contribution in [3.63, 3.8) is 0 Å². The summed E-state index contributed by atoms with van der Waals surface area (Å²) in [6.45, 7) is 9.47. The molecular formula is C15H25N3O. The molecule has 2 rings (SSSR count). The van der Waals surface area contributed by atoms with Crippen LogP contribution in [0.2, 0.25) is 0 Å². The highest BCUT2D eigenvalue weighted by Crippen LogP contribution is 2.28. The van der Waals surface area contributed by atoms with Crippen LogP contribution in [0.5, 0.6) is 5.88 Å². The van der Waals surface area contributed by atoms with Gasteiger partial charge in [-0.3, -0.25) is 0 Å². The molecule has 106 valence electrons. The van der Waals surface area contributed by atoms with Gasteiger partial charge in [0.25, 0.3) is 0 Å². The van der Waals surface area contributed by atoms with Crippen LogP contribution >= 0.6 is 0 Å². The second kappa shape index (κ2) is 6.13. The van der Waals surface area contributed by atoms with E-state index in [-0.39, 0.29) is 0 Å². The molecule has 19 heavy (non-hydrogen) atoms. The molecule has 0 aromatic carbocycles. The Labute approximate surface area is 116 Å². The third-order valence-electron chi connectivity index (χ3n) is 3.51. The van der Waals surface area contributed by atoms with Gasteiger partial charge in [-0.05, 0) is 36.8 Å². The Morgan fingerprint density at radius 3 is 2.63 bits per heavy atom. The molecule has 4 heteroatoms. The van der Waals surface area contributed by atoms with E-state index in [1.165, 1.54) is 6.42 Å². The Morgan fingerprint density at radius 1 is 1.32 bits per heavy atom. The molecule has 1 saturated heterocycles. The second-order valence-corrected chi connectivity index (χ2v) is 5.76. The number of aromatic nitrogens is 1. The summed E-state index contributed by atoms with van der Waals surface area (Å²) in [5, 5.41) is 0. The summed E-state index contributed by atoms with van der Waals surface area (Å²) in [7, 11) is 0. The van der Waals surface area contributed by atoms with E-state index < -0.39 is 0 Å². The third kappa shape index (κ3) is 3.52. The number of anilines is 2. The fraction of sp³-hybridized carbons (Fsp3) is 0.667. The first-order valence-electron chi connectivity index (χ1n) is 7.24. The highest BCUT2D eigenvalue weighted by Gasteiger charge is 2.23. The number of hydrogen-bond acceptors (Lipinski definition) is 4. The average molecular weight is 263 g/mol. The zero-order valence-corrected chi connectivity index (χ0v) is 12.2. The van der Waals surface area contributed by atoms with E-state index in [1.54, 1.807) is 0 Å². The minimum atomic E-state index is 0.574. The fourth-order valence-electron chi connectivity index (χ4n) is 2.78. The van der Waals surface area contributed by atoms with Gasteiger partial charge in [-0.25, -0.2) is 0 Å². The van der Waals surface area contributed by atoms with Crippen LogP contribution < -0.4 is 15.4 Å². The number of piperidine rings is 1. The Balaban J connectivity index is 2.15. The predicted octanol–water partition coefficient (Wildman–Crippen LogP) is 2.93. The van der Waals surface area contributed by atoms with Crippen LogP contribution in [0.3, 0.4) is 0 Å². The minimum absolute atomic E-state index is 0.574. The molecule has 2 N–H and O–H groups in total.